The maximum Gasteiger partial charge on any atom is 0.339 e. The Morgan fingerprint density at radius 1 is 0.656 bits per heavy atom. The van der Waals surface area contributed by atoms with Gasteiger partial charge in [-0.2, -0.15) is 0 Å². The number of allylic oxidation sites excluding steroid dienone is 1. The predicted molar refractivity (Wildman–Crippen MR) is 132 cm³/mol. The number of ether oxygens (including phenoxy) is 2. The maximum atomic E-state index is 12.4. The summed E-state index contributed by atoms with van der Waals surface area (Å²) < 4.78 is 10.7. The van der Waals surface area contributed by atoms with Gasteiger partial charge in [-0.15, -0.1) is 0 Å². The van der Waals surface area contributed by atoms with Gasteiger partial charge in [0.05, 0.1) is 17.7 Å². The summed E-state index contributed by atoms with van der Waals surface area (Å²) in [7, 11) is 0. The van der Waals surface area contributed by atoms with Gasteiger partial charge in [-0.25, -0.2) is 9.59 Å². The van der Waals surface area contributed by atoms with Gasteiger partial charge in [-0.05, 0) is 31.4 Å². The van der Waals surface area contributed by atoms with Crippen LogP contribution in [0.1, 0.15) is 124 Å². The Morgan fingerprint density at radius 3 is 1.75 bits per heavy atom. The van der Waals surface area contributed by atoms with Crippen molar-refractivity contribution in [1.29, 1.82) is 0 Å². The number of esters is 2. The van der Waals surface area contributed by atoms with Crippen molar-refractivity contribution in [3.8, 4) is 0 Å². The second-order valence-electron chi connectivity index (χ2n) is 8.43. The smallest absolute Gasteiger partial charge is 0.339 e. The van der Waals surface area contributed by atoms with Crippen LogP contribution in [0.25, 0.3) is 0 Å². The summed E-state index contributed by atoms with van der Waals surface area (Å²) in [4.78, 5) is 24.9. The largest absolute Gasteiger partial charge is 0.462 e. The zero-order valence-corrected chi connectivity index (χ0v) is 20.4. The Kier molecular flexibility index (Phi) is 17.1. The summed E-state index contributed by atoms with van der Waals surface area (Å²) in [5.74, 6) is -0.945. The van der Waals surface area contributed by atoms with E-state index in [1.54, 1.807) is 24.3 Å². The Hall–Kier alpha value is -2.10. The van der Waals surface area contributed by atoms with Crippen LogP contribution in [0.15, 0.2) is 36.4 Å². The normalized spacial score (nSPS) is 11.1. The van der Waals surface area contributed by atoms with Gasteiger partial charge >= 0.3 is 11.9 Å². The Morgan fingerprint density at radius 2 is 1.16 bits per heavy atom. The van der Waals surface area contributed by atoms with Crippen molar-refractivity contribution in [2.75, 3.05) is 13.2 Å². The fraction of sp³-hybridized carbons (Fsp3) is 0.643. The van der Waals surface area contributed by atoms with Crippen LogP contribution < -0.4 is 0 Å². The maximum absolute atomic E-state index is 12.4. The SMILES string of the molecule is CCCCCCCC/C=C/COC(=O)c1ccccc1C(=O)OCCCCCCCCC. The van der Waals surface area contributed by atoms with Gasteiger partial charge in [0.15, 0.2) is 0 Å². The Labute approximate surface area is 195 Å². The first-order valence-electron chi connectivity index (χ1n) is 12.8. The number of carbonyl (C=O) groups excluding carboxylic acids is 2. The van der Waals surface area contributed by atoms with Gasteiger partial charge in [0.2, 0.25) is 0 Å². The quantitative estimate of drug-likeness (QED) is 0.123. The second-order valence-corrected chi connectivity index (χ2v) is 8.43. The van der Waals surface area contributed by atoms with Crippen molar-refractivity contribution in [1.82, 2.24) is 0 Å². The molecule has 0 amide bonds. The number of benzene rings is 1. The first kappa shape index (κ1) is 27.9. The highest BCUT2D eigenvalue weighted by Crippen LogP contribution is 2.13. The molecule has 0 fully saturated rings. The molecular formula is C28H44O4. The molecule has 0 aliphatic rings. The average molecular weight is 445 g/mol. The number of carbonyl (C=O) groups is 2. The lowest BCUT2D eigenvalue weighted by Crippen LogP contribution is -2.14. The monoisotopic (exact) mass is 444 g/mol. The van der Waals surface area contributed by atoms with E-state index in [4.69, 9.17) is 9.47 Å². The van der Waals surface area contributed by atoms with Crippen molar-refractivity contribution in [2.24, 2.45) is 0 Å². The first-order chi connectivity index (χ1) is 15.7. The summed E-state index contributed by atoms with van der Waals surface area (Å²) in [5, 5.41) is 0. The first-order valence-corrected chi connectivity index (χ1v) is 12.8. The second kappa shape index (κ2) is 19.6. The minimum atomic E-state index is -0.488. The van der Waals surface area contributed by atoms with Gasteiger partial charge in [-0.1, -0.05) is 109 Å². The van der Waals surface area contributed by atoms with Gasteiger partial charge in [0.25, 0.3) is 0 Å². The number of rotatable bonds is 19. The lowest BCUT2D eigenvalue weighted by Gasteiger charge is -2.09. The molecule has 0 aliphatic carbocycles. The van der Waals surface area contributed by atoms with E-state index in [9.17, 15) is 9.59 Å². The molecule has 4 nitrogen and oxygen atoms in total. The van der Waals surface area contributed by atoms with Crippen LogP contribution in [0.4, 0.5) is 0 Å². The standard InChI is InChI=1S/C28H44O4/c1-3-5-7-9-11-12-14-16-20-24-32-28(30)26-22-18-17-21-25(26)27(29)31-23-19-15-13-10-8-6-4-2/h16-18,20-22H,3-15,19,23-24H2,1-2H3/b20-16+. The molecule has 0 N–H and O–H groups in total. The molecule has 0 aromatic heterocycles. The summed E-state index contributed by atoms with van der Waals surface area (Å²) in [5.41, 5.74) is 0.540. The topological polar surface area (TPSA) is 52.6 Å². The molecule has 180 valence electrons. The van der Waals surface area contributed by atoms with E-state index in [0.717, 1.165) is 19.3 Å². The molecule has 0 saturated carbocycles. The third kappa shape index (κ3) is 13.3. The highest BCUT2D eigenvalue weighted by Gasteiger charge is 2.18. The van der Waals surface area contributed by atoms with Crippen LogP contribution in [0.2, 0.25) is 0 Å². The minimum Gasteiger partial charge on any atom is -0.462 e. The van der Waals surface area contributed by atoms with E-state index < -0.39 is 11.9 Å². The van der Waals surface area contributed by atoms with E-state index >= 15 is 0 Å². The molecule has 1 rings (SSSR count). The van der Waals surface area contributed by atoms with E-state index in [2.05, 4.69) is 19.9 Å². The molecule has 1 aromatic rings. The minimum absolute atomic E-state index is 0.218. The Bertz CT molecular complexity index is 651. The van der Waals surface area contributed by atoms with Crippen LogP contribution in [0.5, 0.6) is 0 Å². The number of hydrogen-bond donors (Lipinski definition) is 0. The fourth-order valence-electron chi connectivity index (χ4n) is 3.57. The highest BCUT2D eigenvalue weighted by molar-refractivity contribution is 6.03. The number of hydrogen-bond acceptors (Lipinski definition) is 4. The van der Waals surface area contributed by atoms with E-state index in [0.29, 0.717) is 6.61 Å². The zero-order chi connectivity index (χ0) is 23.3. The average Bonchev–Trinajstić information content (AvgIpc) is 2.81. The van der Waals surface area contributed by atoms with E-state index in [-0.39, 0.29) is 17.7 Å². The van der Waals surface area contributed by atoms with Crippen molar-refractivity contribution >= 4 is 11.9 Å². The van der Waals surface area contributed by atoms with Crippen LogP contribution in [0, 0.1) is 0 Å². The molecule has 4 heteroatoms. The molecule has 0 bridgehead atoms. The fourth-order valence-corrected chi connectivity index (χ4v) is 3.57. The van der Waals surface area contributed by atoms with Gasteiger partial charge in [-0.3, -0.25) is 0 Å². The summed E-state index contributed by atoms with van der Waals surface area (Å²) >= 11 is 0. The van der Waals surface area contributed by atoms with E-state index in [1.807, 2.05) is 6.08 Å². The number of unbranched alkanes of at least 4 members (excludes halogenated alkanes) is 12. The van der Waals surface area contributed by atoms with Crippen LogP contribution >= 0.6 is 0 Å². The zero-order valence-electron chi connectivity index (χ0n) is 20.4. The third-order valence-corrected chi connectivity index (χ3v) is 5.55. The van der Waals surface area contributed by atoms with Crippen LogP contribution in [0.3, 0.4) is 0 Å². The Balaban J connectivity index is 2.29. The molecule has 1 aromatic carbocycles. The van der Waals surface area contributed by atoms with Gasteiger partial charge < -0.3 is 9.47 Å². The predicted octanol–water partition coefficient (Wildman–Crippen LogP) is 8.06. The molecule has 0 saturated heterocycles. The van der Waals surface area contributed by atoms with Crippen molar-refractivity contribution in [2.45, 2.75) is 104 Å². The lowest BCUT2D eigenvalue weighted by atomic mass is 10.1. The van der Waals surface area contributed by atoms with Crippen molar-refractivity contribution < 1.29 is 19.1 Å². The highest BCUT2D eigenvalue weighted by atomic mass is 16.5. The molecule has 32 heavy (non-hydrogen) atoms. The summed E-state index contributed by atoms with van der Waals surface area (Å²) in [6.07, 6.45) is 20.7. The summed E-state index contributed by atoms with van der Waals surface area (Å²) in [6.45, 7) is 5.04. The summed E-state index contributed by atoms with van der Waals surface area (Å²) in [6, 6.07) is 6.71. The van der Waals surface area contributed by atoms with Crippen molar-refractivity contribution in [3.63, 3.8) is 0 Å². The van der Waals surface area contributed by atoms with Crippen LogP contribution in [-0.2, 0) is 9.47 Å². The molecule has 0 heterocycles. The molecule has 0 radical (unpaired) electrons. The molecule has 0 spiro atoms. The molecule has 0 unspecified atom stereocenters. The molecule has 0 atom stereocenters. The van der Waals surface area contributed by atoms with Gasteiger partial charge in [0, 0.05) is 0 Å². The molecule has 0 aliphatic heterocycles. The van der Waals surface area contributed by atoms with E-state index in [1.165, 1.54) is 70.6 Å². The molecular weight excluding hydrogens is 400 g/mol. The van der Waals surface area contributed by atoms with Gasteiger partial charge in [0.1, 0.15) is 6.61 Å². The lowest BCUT2D eigenvalue weighted by molar-refractivity contribution is 0.0470. The van der Waals surface area contributed by atoms with Crippen molar-refractivity contribution in [3.05, 3.63) is 47.5 Å². The van der Waals surface area contributed by atoms with Crippen LogP contribution in [-0.4, -0.2) is 25.2 Å². The third-order valence-electron chi connectivity index (χ3n) is 5.55.